The van der Waals surface area contributed by atoms with Crippen LogP contribution in [-0.4, -0.2) is 14.2 Å². The molecule has 0 aromatic heterocycles. The topological polar surface area (TPSA) is 18.5 Å². The van der Waals surface area contributed by atoms with E-state index in [1.54, 1.807) is 32.4 Å². The summed E-state index contributed by atoms with van der Waals surface area (Å²) in [7, 11) is 3.14. The maximum absolute atomic E-state index is 13.3. The van der Waals surface area contributed by atoms with E-state index in [0.717, 1.165) is 11.1 Å². The number of rotatable bonds is 4. The van der Waals surface area contributed by atoms with Crippen molar-refractivity contribution in [2.45, 2.75) is 5.38 Å². The van der Waals surface area contributed by atoms with Crippen LogP contribution in [0.15, 0.2) is 40.9 Å². The number of ether oxygens (including phenoxy) is 2. The van der Waals surface area contributed by atoms with Gasteiger partial charge in [-0.3, -0.25) is 0 Å². The van der Waals surface area contributed by atoms with E-state index in [9.17, 15) is 4.39 Å². The van der Waals surface area contributed by atoms with Gasteiger partial charge in [-0.05, 0) is 51.3 Å². The molecule has 1 unspecified atom stereocenters. The number of hydrogen-bond acceptors (Lipinski definition) is 2. The summed E-state index contributed by atoms with van der Waals surface area (Å²) in [6, 6.07) is 10.2. The maximum atomic E-state index is 13.3. The number of alkyl halides is 1. The summed E-state index contributed by atoms with van der Waals surface area (Å²) in [6.07, 6.45) is 0. The van der Waals surface area contributed by atoms with Gasteiger partial charge in [-0.25, -0.2) is 4.39 Å². The molecule has 0 bridgehead atoms. The summed E-state index contributed by atoms with van der Waals surface area (Å²) in [5.41, 5.74) is 1.65. The van der Waals surface area contributed by atoms with Gasteiger partial charge in [0.05, 0.1) is 24.1 Å². The highest BCUT2D eigenvalue weighted by Crippen LogP contribution is 2.36. The van der Waals surface area contributed by atoms with Crippen LogP contribution in [0.5, 0.6) is 11.5 Å². The molecule has 2 aromatic rings. The van der Waals surface area contributed by atoms with Crippen LogP contribution in [0.1, 0.15) is 16.5 Å². The zero-order valence-corrected chi connectivity index (χ0v) is 13.3. The van der Waals surface area contributed by atoms with Gasteiger partial charge >= 0.3 is 0 Å². The van der Waals surface area contributed by atoms with Gasteiger partial charge in [0.1, 0.15) is 5.82 Å². The summed E-state index contributed by atoms with van der Waals surface area (Å²) < 4.78 is 24.1. The van der Waals surface area contributed by atoms with E-state index in [4.69, 9.17) is 21.1 Å². The summed E-state index contributed by atoms with van der Waals surface area (Å²) >= 11 is 9.60. The Morgan fingerprint density at radius 3 is 2.20 bits per heavy atom. The van der Waals surface area contributed by atoms with E-state index in [2.05, 4.69) is 15.9 Å². The Labute approximate surface area is 130 Å². The van der Waals surface area contributed by atoms with E-state index in [1.165, 1.54) is 6.07 Å². The van der Waals surface area contributed by atoms with Gasteiger partial charge in [0, 0.05) is 0 Å². The Balaban J connectivity index is 2.37. The SMILES string of the molecule is COc1ccc(C(Cl)c2ccc(F)c(Br)c2)cc1OC. The summed E-state index contributed by atoms with van der Waals surface area (Å²) in [6.45, 7) is 0. The molecule has 0 amide bonds. The molecule has 2 aromatic carbocycles. The lowest BCUT2D eigenvalue weighted by molar-refractivity contribution is 0.354. The molecule has 0 N–H and O–H groups in total. The van der Waals surface area contributed by atoms with Crippen LogP contribution in [-0.2, 0) is 0 Å². The Morgan fingerprint density at radius 2 is 1.60 bits per heavy atom. The first-order valence-electron chi connectivity index (χ1n) is 5.87. The zero-order chi connectivity index (χ0) is 14.7. The van der Waals surface area contributed by atoms with Crippen molar-refractivity contribution in [2.24, 2.45) is 0 Å². The van der Waals surface area contributed by atoms with Crippen LogP contribution in [0.2, 0.25) is 0 Å². The van der Waals surface area contributed by atoms with Crippen LogP contribution < -0.4 is 9.47 Å². The Kier molecular flexibility index (Phi) is 4.89. The van der Waals surface area contributed by atoms with E-state index >= 15 is 0 Å². The first-order valence-corrected chi connectivity index (χ1v) is 7.10. The largest absolute Gasteiger partial charge is 0.493 e. The Hall–Kier alpha value is -1.26. The normalized spacial score (nSPS) is 12.1. The standard InChI is InChI=1S/C15H13BrClFO2/c1-19-13-6-4-10(8-14(13)20-2)15(17)9-3-5-12(18)11(16)7-9/h3-8,15H,1-2H3. The molecule has 2 rings (SSSR count). The van der Waals surface area contributed by atoms with Gasteiger partial charge in [-0.1, -0.05) is 12.1 Å². The quantitative estimate of drug-likeness (QED) is 0.720. The van der Waals surface area contributed by atoms with Crippen LogP contribution in [0.25, 0.3) is 0 Å². The molecule has 0 aliphatic heterocycles. The molecule has 0 radical (unpaired) electrons. The molecule has 0 spiro atoms. The third kappa shape index (κ3) is 3.07. The average Bonchev–Trinajstić information content (AvgIpc) is 2.48. The monoisotopic (exact) mass is 358 g/mol. The fourth-order valence-electron chi connectivity index (χ4n) is 1.87. The van der Waals surface area contributed by atoms with Crippen molar-refractivity contribution < 1.29 is 13.9 Å². The molecule has 5 heteroatoms. The second kappa shape index (κ2) is 6.46. The molecule has 106 valence electrons. The van der Waals surface area contributed by atoms with Crippen molar-refractivity contribution in [3.63, 3.8) is 0 Å². The average molecular weight is 360 g/mol. The third-order valence-electron chi connectivity index (χ3n) is 2.94. The molecular formula is C15H13BrClFO2. The van der Waals surface area contributed by atoms with Crippen molar-refractivity contribution >= 4 is 27.5 Å². The second-order valence-corrected chi connectivity index (χ2v) is 5.44. The molecule has 0 aliphatic carbocycles. The third-order valence-corrected chi connectivity index (χ3v) is 4.05. The molecular weight excluding hydrogens is 347 g/mol. The molecule has 0 saturated heterocycles. The highest BCUT2D eigenvalue weighted by atomic mass is 79.9. The lowest BCUT2D eigenvalue weighted by Crippen LogP contribution is -1.97. The minimum Gasteiger partial charge on any atom is -0.493 e. The number of halogens is 3. The lowest BCUT2D eigenvalue weighted by Gasteiger charge is -2.14. The van der Waals surface area contributed by atoms with Gasteiger partial charge < -0.3 is 9.47 Å². The van der Waals surface area contributed by atoms with Gasteiger partial charge in [0.25, 0.3) is 0 Å². The predicted octanol–water partition coefficient (Wildman–Crippen LogP) is 4.93. The first kappa shape index (κ1) is 15.1. The second-order valence-electron chi connectivity index (χ2n) is 4.15. The van der Waals surface area contributed by atoms with Crippen molar-refractivity contribution in [3.05, 3.63) is 57.8 Å². The van der Waals surface area contributed by atoms with Gasteiger partial charge in [0.15, 0.2) is 11.5 Å². The van der Waals surface area contributed by atoms with E-state index in [0.29, 0.717) is 16.0 Å². The first-order chi connectivity index (χ1) is 9.56. The van der Waals surface area contributed by atoms with Crippen molar-refractivity contribution in [1.82, 2.24) is 0 Å². The minimum atomic E-state index is -0.397. The van der Waals surface area contributed by atoms with Crippen molar-refractivity contribution in [2.75, 3.05) is 14.2 Å². The fourth-order valence-corrected chi connectivity index (χ4v) is 2.54. The molecule has 1 atom stereocenters. The number of hydrogen-bond donors (Lipinski definition) is 0. The van der Waals surface area contributed by atoms with Crippen LogP contribution in [0, 0.1) is 5.82 Å². The van der Waals surface area contributed by atoms with Crippen molar-refractivity contribution in [3.8, 4) is 11.5 Å². The van der Waals surface area contributed by atoms with Crippen LogP contribution in [0.3, 0.4) is 0 Å². The lowest BCUT2D eigenvalue weighted by atomic mass is 10.0. The van der Waals surface area contributed by atoms with E-state index in [1.807, 2.05) is 12.1 Å². The van der Waals surface area contributed by atoms with Crippen molar-refractivity contribution in [1.29, 1.82) is 0 Å². The van der Waals surface area contributed by atoms with Gasteiger partial charge in [-0.15, -0.1) is 11.6 Å². The molecule has 20 heavy (non-hydrogen) atoms. The summed E-state index contributed by atoms with van der Waals surface area (Å²) in [5.74, 6) is 0.933. The Morgan fingerprint density at radius 1 is 1.00 bits per heavy atom. The minimum absolute atomic E-state index is 0.315. The highest BCUT2D eigenvalue weighted by Gasteiger charge is 2.15. The van der Waals surface area contributed by atoms with Gasteiger partial charge in [-0.2, -0.15) is 0 Å². The maximum Gasteiger partial charge on any atom is 0.161 e. The molecule has 0 saturated carbocycles. The summed E-state index contributed by atoms with van der Waals surface area (Å²) in [4.78, 5) is 0. The van der Waals surface area contributed by atoms with Crippen LogP contribution in [0.4, 0.5) is 4.39 Å². The molecule has 0 fully saturated rings. The van der Waals surface area contributed by atoms with Gasteiger partial charge in [0.2, 0.25) is 0 Å². The number of benzene rings is 2. The van der Waals surface area contributed by atoms with E-state index < -0.39 is 5.38 Å². The zero-order valence-electron chi connectivity index (χ0n) is 11.0. The molecule has 2 nitrogen and oxygen atoms in total. The Bertz CT molecular complexity index is 619. The molecule has 0 heterocycles. The summed E-state index contributed by atoms with van der Waals surface area (Å²) in [5, 5.41) is -0.397. The highest BCUT2D eigenvalue weighted by molar-refractivity contribution is 9.10. The van der Waals surface area contributed by atoms with Crippen LogP contribution >= 0.6 is 27.5 Å². The number of methoxy groups -OCH3 is 2. The smallest absolute Gasteiger partial charge is 0.161 e. The van der Waals surface area contributed by atoms with E-state index in [-0.39, 0.29) is 5.82 Å². The predicted molar refractivity (Wildman–Crippen MR) is 81.3 cm³/mol. The molecule has 0 aliphatic rings. The fraction of sp³-hybridized carbons (Fsp3) is 0.200.